The molecule has 6 nitrogen and oxygen atoms in total. The first-order chi connectivity index (χ1) is 10.6. The molecule has 1 rings (SSSR count). The minimum Gasteiger partial charge on any atom is -0.444 e. The summed E-state index contributed by atoms with van der Waals surface area (Å²) in [7, 11) is 1.54. The number of aromatic nitrogens is 1. The Morgan fingerprint density at radius 2 is 2.04 bits per heavy atom. The molecule has 1 aromatic heterocycles. The lowest BCUT2D eigenvalue weighted by atomic mass is 10.2. The van der Waals surface area contributed by atoms with Crippen LogP contribution in [0.1, 0.15) is 51.2 Å². The molecule has 0 aliphatic rings. The molecule has 1 aromatic rings. The van der Waals surface area contributed by atoms with Crippen LogP contribution < -0.4 is 5.32 Å². The van der Waals surface area contributed by atoms with Crippen LogP contribution >= 0.6 is 11.3 Å². The van der Waals surface area contributed by atoms with Gasteiger partial charge >= 0.3 is 6.09 Å². The van der Waals surface area contributed by atoms with Gasteiger partial charge in [0, 0.05) is 31.3 Å². The summed E-state index contributed by atoms with van der Waals surface area (Å²) in [5.41, 5.74) is 0.417. The monoisotopic (exact) mass is 341 g/mol. The number of hydrogen-bond donors (Lipinski definition) is 1. The Kier molecular flexibility index (Phi) is 7.00. The highest BCUT2D eigenvalue weighted by atomic mass is 32.1. The molecule has 2 amide bonds. The van der Waals surface area contributed by atoms with Gasteiger partial charge in [0.15, 0.2) is 0 Å². The largest absolute Gasteiger partial charge is 0.444 e. The van der Waals surface area contributed by atoms with Gasteiger partial charge in [-0.1, -0.05) is 13.8 Å². The lowest BCUT2D eigenvalue weighted by Gasteiger charge is -2.24. The van der Waals surface area contributed by atoms with E-state index in [1.807, 2.05) is 5.38 Å². The second-order valence-corrected chi connectivity index (χ2v) is 7.66. The predicted molar refractivity (Wildman–Crippen MR) is 91.8 cm³/mol. The average Bonchev–Trinajstić information content (AvgIpc) is 2.85. The minimum atomic E-state index is -0.569. The molecule has 0 fully saturated rings. The highest BCUT2D eigenvalue weighted by Crippen LogP contribution is 2.19. The Morgan fingerprint density at radius 3 is 2.57 bits per heavy atom. The number of carbonyl (C=O) groups is 2. The van der Waals surface area contributed by atoms with Gasteiger partial charge in [0.05, 0.1) is 10.7 Å². The van der Waals surface area contributed by atoms with E-state index in [-0.39, 0.29) is 12.5 Å². The van der Waals surface area contributed by atoms with Crippen molar-refractivity contribution in [2.24, 2.45) is 0 Å². The molecule has 0 bridgehead atoms. The van der Waals surface area contributed by atoms with E-state index >= 15 is 0 Å². The predicted octanol–water partition coefficient (Wildman–Crippen LogP) is 2.79. The van der Waals surface area contributed by atoms with Crippen molar-refractivity contribution in [3.05, 3.63) is 16.1 Å². The molecule has 0 spiro atoms. The zero-order chi connectivity index (χ0) is 17.6. The lowest BCUT2D eigenvalue weighted by molar-refractivity contribution is -0.121. The van der Waals surface area contributed by atoms with Gasteiger partial charge in [-0.3, -0.25) is 4.79 Å². The molecule has 0 saturated heterocycles. The first-order valence-electron chi connectivity index (χ1n) is 7.73. The molecule has 0 unspecified atom stereocenters. The second-order valence-electron chi connectivity index (χ2n) is 6.77. The normalized spacial score (nSPS) is 11.4. The molecule has 0 saturated carbocycles. The maximum atomic E-state index is 11.8. The lowest BCUT2D eigenvalue weighted by Crippen LogP contribution is -2.41. The van der Waals surface area contributed by atoms with E-state index in [0.717, 1.165) is 10.7 Å². The van der Waals surface area contributed by atoms with Crippen LogP contribution in [0.25, 0.3) is 0 Å². The van der Waals surface area contributed by atoms with Gasteiger partial charge in [0.2, 0.25) is 5.91 Å². The molecule has 130 valence electrons. The number of carbonyl (C=O) groups excluding carboxylic acids is 2. The van der Waals surface area contributed by atoms with E-state index in [9.17, 15) is 9.59 Å². The van der Waals surface area contributed by atoms with E-state index < -0.39 is 11.7 Å². The van der Waals surface area contributed by atoms with Gasteiger partial charge in [-0.25, -0.2) is 9.78 Å². The minimum absolute atomic E-state index is 0.0246. The summed E-state index contributed by atoms with van der Waals surface area (Å²) < 4.78 is 5.20. The van der Waals surface area contributed by atoms with Crippen molar-refractivity contribution in [3.63, 3.8) is 0 Å². The van der Waals surface area contributed by atoms with E-state index in [1.165, 1.54) is 4.90 Å². The number of nitrogens with one attached hydrogen (secondary N) is 1. The van der Waals surface area contributed by atoms with Gasteiger partial charge in [0.1, 0.15) is 12.1 Å². The highest BCUT2D eigenvalue weighted by Gasteiger charge is 2.20. The average molecular weight is 341 g/mol. The Hall–Kier alpha value is -1.63. The van der Waals surface area contributed by atoms with Crippen molar-refractivity contribution >= 4 is 23.3 Å². The van der Waals surface area contributed by atoms with Crippen LogP contribution in [0.3, 0.4) is 0 Å². The van der Waals surface area contributed by atoms with Crippen LogP contribution in [0.2, 0.25) is 0 Å². The van der Waals surface area contributed by atoms with E-state index in [1.54, 1.807) is 39.2 Å². The summed E-state index contributed by atoms with van der Waals surface area (Å²) in [6, 6.07) is 0. The van der Waals surface area contributed by atoms with Crippen molar-refractivity contribution in [3.8, 4) is 0 Å². The van der Waals surface area contributed by atoms with E-state index in [2.05, 4.69) is 24.1 Å². The Balaban J connectivity index is 2.32. The Morgan fingerprint density at radius 1 is 1.39 bits per heavy atom. The Bertz CT molecular complexity index is 535. The van der Waals surface area contributed by atoms with Crippen molar-refractivity contribution in [1.29, 1.82) is 0 Å². The first kappa shape index (κ1) is 19.4. The summed E-state index contributed by atoms with van der Waals surface area (Å²) in [6.45, 7) is 10.1. The molecule has 7 heteroatoms. The zero-order valence-corrected chi connectivity index (χ0v) is 15.6. The quantitative estimate of drug-likeness (QED) is 0.863. The third kappa shape index (κ3) is 7.45. The van der Waals surface area contributed by atoms with Crippen molar-refractivity contribution < 1.29 is 14.3 Å². The van der Waals surface area contributed by atoms with Gasteiger partial charge in [-0.15, -0.1) is 11.3 Å². The fourth-order valence-corrected chi connectivity index (χ4v) is 2.58. The second kappa shape index (κ2) is 8.29. The molecule has 0 atom stereocenters. The van der Waals surface area contributed by atoms with Crippen molar-refractivity contribution in [1.82, 2.24) is 15.2 Å². The molecular weight excluding hydrogens is 314 g/mol. The summed E-state index contributed by atoms with van der Waals surface area (Å²) in [4.78, 5) is 29.4. The third-order valence-electron chi connectivity index (χ3n) is 2.85. The van der Waals surface area contributed by atoms with Gasteiger partial charge in [-0.2, -0.15) is 0 Å². The van der Waals surface area contributed by atoms with Crippen LogP contribution in [-0.2, 0) is 16.0 Å². The number of amides is 2. The maximum absolute atomic E-state index is 11.8. The van der Waals surface area contributed by atoms with Crippen LogP contribution in [0.5, 0.6) is 0 Å². The summed E-state index contributed by atoms with van der Waals surface area (Å²) in [5, 5.41) is 5.92. The summed E-state index contributed by atoms with van der Waals surface area (Å²) in [5.74, 6) is 0.212. The number of thiazole rings is 1. The topological polar surface area (TPSA) is 71.5 Å². The number of hydrogen-bond acceptors (Lipinski definition) is 5. The summed E-state index contributed by atoms with van der Waals surface area (Å²) in [6.07, 6.45) is 0.180. The molecule has 23 heavy (non-hydrogen) atoms. The molecule has 0 aromatic carbocycles. The molecule has 1 N–H and O–H groups in total. The number of nitrogens with zero attached hydrogens (tertiary/aromatic N) is 2. The van der Waals surface area contributed by atoms with E-state index in [4.69, 9.17) is 4.74 Å². The van der Waals surface area contributed by atoms with Crippen LogP contribution in [0, 0.1) is 0 Å². The zero-order valence-electron chi connectivity index (χ0n) is 14.8. The van der Waals surface area contributed by atoms with Crippen molar-refractivity contribution in [2.75, 3.05) is 20.1 Å². The molecule has 0 radical (unpaired) electrons. The highest BCUT2D eigenvalue weighted by molar-refractivity contribution is 7.09. The molecule has 0 aliphatic carbocycles. The molecular formula is C16H27N3O3S. The smallest absolute Gasteiger partial charge is 0.410 e. The molecule has 1 heterocycles. The van der Waals surface area contributed by atoms with Gasteiger partial charge < -0.3 is 15.0 Å². The first-order valence-corrected chi connectivity index (χ1v) is 8.61. The summed E-state index contributed by atoms with van der Waals surface area (Å²) >= 11 is 1.64. The van der Waals surface area contributed by atoms with Crippen LogP contribution in [0.15, 0.2) is 5.38 Å². The van der Waals surface area contributed by atoms with Crippen LogP contribution in [0.4, 0.5) is 4.79 Å². The molecule has 0 aliphatic heterocycles. The maximum Gasteiger partial charge on any atom is 0.410 e. The number of rotatable bonds is 6. The van der Waals surface area contributed by atoms with Gasteiger partial charge in [0.25, 0.3) is 0 Å². The van der Waals surface area contributed by atoms with Gasteiger partial charge in [-0.05, 0) is 20.8 Å². The number of ether oxygens (including phenoxy) is 1. The fourth-order valence-electron chi connectivity index (χ4n) is 1.71. The van der Waals surface area contributed by atoms with E-state index in [0.29, 0.717) is 18.9 Å². The SMILES string of the molecule is CC(C)c1nc(CCNC(=O)CN(C)C(=O)OC(C)(C)C)cs1. The third-order valence-corrected chi connectivity index (χ3v) is 4.05. The van der Waals surface area contributed by atoms with Crippen LogP contribution in [-0.4, -0.2) is 47.6 Å². The Labute approximate surface area is 142 Å². The number of likely N-dealkylation sites (N-methyl/N-ethyl adjacent to an activating group) is 1. The standard InChI is InChI=1S/C16H27N3O3S/c1-11(2)14-18-12(10-23-14)7-8-17-13(20)9-19(6)15(21)22-16(3,4)5/h10-11H,7-9H2,1-6H3,(H,17,20). The fraction of sp³-hybridized carbons (Fsp3) is 0.688. The van der Waals surface area contributed by atoms with Crippen molar-refractivity contribution in [2.45, 2.75) is 52.6 Å².